The van der Waals surface area contributed by atoms with E-state index in [0.717, 1.165) is 47.8 Å². The Bertz CT molecular complexity index is 913. The molecule has 32 heavy (non-hydrogen) atoms. The molecular weight excluding hydrogens is 441 g/mol. The van der Waals surface area contributed by atoms with Crippen LogP contribution in [-0.4, -0.2) is 71.0 Å². The van der Waals surface area contributed by atoms with Crippen LogP contribution in [0.1, 0.15) is 40.8 Å². The molecule has 0 radical (unpaired) electrons. The summed E-state index contributed by atoms with van der Waals surface area (Å²) in [4.78, 5) is 16.8. The Morgan fingerprint density at radius 2 is 1.97 bits per heavy atom. The Morgan fingerprint density at radius 1 is 1.22 bits per heavy atom. The molecule has 2 saturated heterocycles. The number of carbonyl (C=O) groups is 1. The summed E-state index contributed by atoms with van der Waals surface area (Å²) in [6.07, 6.45) is -2.93. The van der Waals surface area contributed by atoms with Gasteiger partial charge in [-0.3, -0.25) is 5.10 Å². The van der Waals surface area contributed by atoms with E-state index >= 15 is 0 Å². The van der Waals surface area contributed by atoms with Crippen molar-refractivity contribution < 1.29 is 22.7 Å². The molecule has 4 rings (SSSR count). The molecule has 2 unspecified atom stereocenters. The summed E-state index contributed by atoms with van der Waals surface area (Å²) in [5.74, 6) is 1.54. The van der Waals surface area contributed by atoms with Crippen LogP contribution in [0.3, 0.4) is 0 Å². The minimum atomic E-state index is -4.36. The number of aromatic amines is 1. The number of benzene rings is 1. The maximum absolute atomic E-state index is 13.1. The van der Waals surface area contributed by atoms with E-state index in [2.05, 4.69) is 10.2 Å². The summed E-state index contributed by atoms with van der Waals surface area (Å²) < 4.78 is 44.1. The van der Waals surface area contributed by atoms with Crippen LogP contribution < -0.4 is 0 Å². The summed E-state index contributed by atoms with van der Waals surface area (Å²) >= 11 is 1.73. The molecule has 2 fully saturated rings. The first-order chi connectivity index (χ1) is 15.3. The van der Waals surface area contributed by atoms with Gasteiger partial charge in [0.25, 0.3) is 0 Å². The number of nitrogens with zero attached hydrogens (tertiary/aromatic N) is 3. The van der Waals surface area contributed by atoms with Crippen LogP contribution >= 0.6 is 11.8 Å². The Balaban J connectivity index is 1.56. The first kappa shape index (κ1) is 23.0. The number of hydrogen-bond acceptors (Lipinski definition) is 4. The maximum Gasteiger partial charge on any atom is 0.416 e. The smallest absolute Gasteiger partial charge is 0.384 e. The molecule has 2 aliphatic rings. The third-order valence-electron chi connectivity index (χ3n) is 6.10. The second kappa shape index (κ2) is 9.74. The molecule has 6 nitrogen and oxygen atoms in total. The normalized spacial score (nSPS) is 21.9. The van der Waals surface area contributed by atoms with E-state index in [1.807, 2.05) is 15.9 Å². The van der Waals surface area contributed by atoms with Gasteiger partial charge in [0.2, 0.25) is 0 Å². The number of aromatic nitrogens is 2. The van der Waals surface area contributed by atoms with Crippen molar-refractivity contribution in [3.05, 3.63) is 52.8 Å². The summed E-state index contributed by atoms with van der Waals surface area (Å²) in [7, 11) is 1.65. The molecule has 174 valence electrons. The van der Waals surface area contributed by atoms with Gasteiger partial charge in [-0.1, -0.05) is 12.1 Å². The lowest BCUT2D eigenvalue weighted by molar-refractivity contribution is -0.137. The fourth-order valence-electron chi connectivity index (χ4n) is 4.35. The average Bonchev–Trinajstić information content (AvgIpc) is 3.49. The van der Waals surface area contributed by atoms with Crippen molar-refractivity contribution in [3.8, 4) is 0 Å². The number of ether oxygens (including phenoxy) is 1. The highest BCUT2D eigenvalue weighted by molar-refractivity contribution is 7.99. The third-order valence-corrected chi connectivity index (χ3v) is 7.06. The number of alkyl halides is 3. The molecule has 2 amide bonds. The molecule has 0 spiro atoms. The molecule has 2 aromatic rings. The zero-order valence-corrected chi connectivity index (χ0v) is 18.7. The maximum atomic E-state index is 13.1. The number of rotatable bonds is 5. The predicted octanol–water partition coefficient (Wildman–Crippen LogP) is 4.32. The molecule has 1 aromatic heterocycles. The molecule has 2 atom stereocenters. The number of methoxy groups -OCH3 is 1. The van der Waals surface area contributed by atoms with Crippen LogP contribution in [0.25, 0.3) is 0 Å². The Morgan fingerprint density at radius 3 is 2.62 bits per heavy atom. The molecule has 0 aliphatic carbocycles. The van der Waals surface area contributed by atoms with Crippen LogP contribution in [0.5, 0.6) is 0 Å². The molecule has 1 aromatic carbocycles. The zero-order chi connectivity index (χ0) is 22.7. The lowest BCUT2D eigenvalue weighted by Gasteiger charge is -2.39. The second-order valence-corrected chi connectivity index (χ2v) is 9.37. The average molecular weight is 469 g/mol. The van der Waals surface area contributed by atoms with Gasteiger partial charge in [0.15, 0.2) is 0 Å². The molecule has 2 aliphatic heterocycles. The van der Waals surface area contributed by atoms with Crippen LogP contribution in [0.15, 0.2) is 30.3 Å². The van der Waals surface area contributed by atoms with Crippen LogP contribution in [0.4, 0.5) is 18.0 Å². The first-order valence-corrected chi connectivity index (χ1v) is 11.8. The van der Waals surface area contributed by atoms with Gasteiger partial charge in [-0.05, 0) is 30.2 Å². The predicted molar refractivity (Wildman–Crippen MR) is 117 cm³/mol. The van der Waals surface area contributed by atoms with E-state index in [0.29, 0.717) is 32.0 Å². The highest BCUT2D eigenvalue weighted by Crippen LogP contribution is 2.37. The molecule has 1 N–H and O–H groups in total. The van der Waals surface area contributed by atoms with E-state index < -0.39 is 11.7 Å². The van der Waals surface area contributed by atoms with Gasteiger partial charge in [-0.25, -0.2) is 4.79 Å². The Hall–Kier alpha value is -2.20. The standard InChI is InChI=1S/C22H27F3N4O2S/c1-31-8-6-19-11-20(27-26-19)17-10-16(15-2-4-18(5-3-15)22(23,24)25)12-29(13-17)21(30)28-7-9-32-14-28/h2-5,11,16-17H,6-10,12-14H2,1H3,(H,26,27). The van der Waals surface area contributed by atoms with E-state index in [1.54, 1.807) is 31.0 Å². The van der Waals surface area contributed by atoms with E-state index in [1.165, 1.54) is 0 Å². The quantitative estimate of drug-likeness (QED) is 0.710. The number of amides is 2. The zero-order valence-electron chi connectivity index (χ0n) is 17.9. The van der Waals surface area contributed by atoms with Gasteiger partial charge in [0.1, 0.15) is 0 Å². The topological polar surface area (TPSA) is 61.5 Å². The van der Waals surface area contributed by atoms with E-state index in [-0.39, 0.29) is 17.9 Å². The number of halogens is 3. The highest BCUT2D eigenvalue weighted by Gasteiger charge is 2.36. The van der Waals surface area contributed by atoms with Crippen molar-refractivity contribution in [2.45, 2.75) is 30.9 Å². The number of thioether (sulfide) groups is 1. The molecule has 3 heterocycles. The molecule has 0 bridgehead atoms. The van der Waals surface area contributed by atoms with Crippen molar-refractivity contribution in [2.75, 3.05) is 45.0 Å². The number of piperidine rings is 1. The third kappa shape index (κ3) is 5.23. The number of nitrogens with one attached hydrogen (secondary N) is 1. The largest absolute Gasteiger partial charge is 0.416 e. The van der Waals surface area contributed by atoms with Gasteiger partial charge in [-0.2, -0.15) is 18.3 Å². The minimum absolute atomic E-state index is 0.00259. The monoisotopic (exact) mass is 468 g/mol. The van der Waals surface area contributed by atoms with Gasteiger partial charge in [0, 0.05) is 56.4 Å². The fraction of sp³-hybridized carbons (Fsp3) is 0.545. The Kier molecular flexibility index (Phi) is 6.99. The van der Waals surface area contributed by atoms with Crippen molar-refractivity contribution >= 4 is 17.8 Å². The van der Waals surface area contributed by atoms with Crippen molar-refractivity contribution in [3.63, 3.8) is 0 Å². The fourth-order valence-corrected chi connectivity index (χ4v) is 5.29. The number of H-pyrrole nitrogens is 1. The Labute approximate surface area is 189 Å². The summed E-state index contributed by atoms with van der Waals surface area (Å²) in [5, 5.41) is 7.52. The summed E-state index contributed by atoms with van der Waals surface area (Å²) in [6.45, 7) is 2.34. The SMILES string of the molecule is COCCc1cc(C2CC(c3ccc(C(F)(F)F)cc3)CN(C(=O)N3CCSC3)C2)n[nH]1. The first-order valence-electron chi connectivity index (χ1n) is 10.7. The summed E-state index contributed by atoms with van der Waals surface area (Å²) in [6, 6.07) is 7.33. The van der Waals surface area contributed by atoms with E-state index in [9.17, 15) is 18.0 Å². The van der Waals surface area contributed by atoms with Gasteiger partial charge in [0.05, 0.1) is 23.7 Å². The van der Waals surface area contributed by atoms with Gasteiger partial charge in [-0.15, -0.1) is 11.8 Å². The van der Waals surface area contributed by atoms with Crippen LogP contribution in [0, 0.1) is 0 Å². The van der Waals surface area contributed by atoms with Crippen molar-refractivity contribution in [1.82, 2.24) is 20.0 Å². The number of urea groups is 1. The number of hydrogen-bond donors (Lipinski definition) is 1. The van der Waals surface area contributed by atoms with Crippen LogP contribution in [-0.2, 0) is 17.3 Å². The van der Waals surface area contributed by atoms with Gasteiger partial charge < -0.3 is 14.5 Å². The van der Waals surface area contributed by atoms with E-state index in [4.69, 9.17) is 4.74 Å². The summed E-state index contributed by atoms with van der Waals surface area (Å²) in [5.41, 5.74) is 1.99. The highest BCUT2D eigenvalue weighted by atomic mass is 32.2. The van der Waals surface area contributed by atoms with Crippen molar-refractivity contribution in [2.24, 2.45) is 0 Å². The second-order valence-electron chi connectivity index (χ2n) is 8.30. The minimum Gasteiger partial charge on any atom is -0.384 e. The lowest BCUT2D eigenvalue weighted by Crippen LogP contribution is -2.48. The van der Waals surface area contributed by atoms with Crippen molar-refractivity contribution in [1.29, 1.82) is 0 Å². The molecular formula is C22H27F3N4O2S. The van der Waals surface area contributed by atoms with Gasteiger partial charge >= 0.3 is 12.2 Å². The number of carbonyl (C=O) groups excluding carboxylic acids is 1. The van der Waals surface area contributed by atoms with Crippen LogP contribution in [0.2, 0.25) is 0 Å². The lowest BCUT2D eigenvalue weighted by atomic mass is 9.83. The molecule has 10 heteroatoms. The number of likely N-dealkylation sites (tertiary alicyclic amines) is 1. The molecule has 0 saturated carbocycles.